The van der Waals surface area contributed by atoms with Gasteiger partial charge in [-0.05, 0) is 35.4 Å². The van der Waals surface area contributed by atoms with Crippen LogP contribution in [-0.2, 0) is 18.2 Å². The fraction of sp³-hybridized carbons (Fsp3) is 0.769. The van der Waals surface area contributed by atoms with Gasteiger partial charge in [-0.3, -0.25) is 9.58 Å². The molecular weight excluding hydrogens is 357 g/mol. The van der Waals surface area contributed by atoms with Gasteiger partial charge in [-0.1, -0.05) is 6.92 Å². The maximum atomic E-state index is 10.3. The van der Waals surface area contributed by atoms with Gasteiger partial charge in [0.2, 0.25) is 0 Å². The standard InChI is InChI=1S/C13H22IN3O2/c1-3-10-12(14)13(15-16(10)2)11(18)4-5-17-6-8-19-9-7-17/h11,18H,3-9H2,1-2H3/t11-/m1/s1. The van der Waals surface area contributed by atoms with Crippen LogP contribution >= 0.6 is 22.6 Å². The molecule has 6 heteroatoms. The number of aliphatic hydroxyl groups is 1. The molecule has 2 heterocycles. The second-order valence-electron chi connectivity index (χ2n) is 4.88. The Balaban J connectivity index is 1.93. The van der Waals surface area contributed by atoms with E-state index in [0.717, 1.165) is 55.0 Å². The van der Waals surface area contributed by atoms with E-state index in [9.17, 15) is 5.11 Å². The zero-order valence-corrected chi connectivity index (χ0v) is 13.8. The molecule has 0 bridgehead atoms. The first-order chi connectivity index (χ1) is 9.13. The SMILES string of the molecule is CCc1c(I)c([C@H](O)CCN2CCOCC2)nn1C. The lowest BCUT2D eigenvalue weighted by atomic mass is 10.1. The van der Waals surface area contributed by atoms with Gasteiger partial charge in [0.05, 0.1) is 22.5 Å². The molecule has 0 spiro atoms. The summed E-state index contributed by atoms with van der Waals surface area (Å²) in [6, 6.07) is 0. The number of ether oxygens (including phenoxy) is 1. The highest BCUT2D eigenvalue weighted by molar-refractivity contribution is 14.1. The molecule has 0 radical (unpaired) electrons. The number of rotatable bonds is 5. The van der Waals surface area contributed by atoms with Crippen LogP contribution in [0.5, 0.6) is 0 Å². The highest BCUT2D eigenvalue weighted by Crippen LogP contribution is 2.25. The maximum Gasteiger partial charge on any atom is 0.105 e. The Morgan fingerprint density at radius 3 is 2.68 bits per heavy atom. The molecule has 2 rings (SSSR count). The number of hydrogen-bond donors (Lipinski definition) is 1. The predicted molar refractivity (Wildman–Crippen MR) is 82.1 cm³/mol. The van der Waals surface area contributed by atoms with Crippen LogP contribution in [-0.4, -0.2) is 52.6 Å². The van der Waals surface area contributed by atoms with Crippen molar-refractivity contribution in [1.29, 1.82) is 0 Å². The predicted octanol–water partition coefficient (Wildman–Crippen LogP) is 1.34. The first-order valence-corrected chi connectivity index (χ1v) is 7.90. The smallest absolute Gasteiger partial charge is 0.105 e. The van der Waals surface area contributed by atoms with E-state index in [2.05, 4.69) is 39.5 Å². The molecule has 1 aliphatic rings. The van der Waals surface area contributed by atoms with Gasteiger partial charge in [0.25, 0.3) is 0 Å². The first kappa shape index (κ1) is 15.2. The second-order valence-corrected chi connectivity index (χ2v) is 5.96. The van der Waals surface area contributed by atoms with Crippen LogP contribution in [0.3, 0.4) is 0 Å². The van der Waals surface area contributed by atoms with Gasteiger partial charge >= 0.3 is 0 Å². The summed E-state index contributed by atoms with van der Waals surface area (Å²) in [5.74, 6) is 0. The average molecular weight is 379 g/mol. The van der Waals surface area contributed by atoms with Crippen LogP contribution < -0.4 is 0 Å². The zero-order valence-electron chi connectivity index (χ0n) is 11.6. The summed E-state index contributed by atoms with van der Waals surface area (Å²) in [6.45, 7) is 6.55. The number of aromatic nitrogens is 2. The molecule has 1 atom stereocenters. The third kappa shape index (κ3) is 3.68. The van der Waals surface area contributed by atoms with Crippen LogP contribution in [0.25, 0.3) is 0 Å². The number of halogens is 1. The number of nitrogens with zero attached hydrogens (tertiary/aromatic N) is 3. The lowest BCUT2D eigenvalue weighted by Gasteiger charge is -2.27. The number of morpholine rings is 1. The van der Waals surface area contributed by atoms with Crippen molar-refractivity contribution in [3.63, 3.8) is 0 Å². The average Bonchev–Trinajstić information content (AvgIpc) is 2.72. The van der Waals surface area contributed by atoms with E-state index in [4.69, 9.17) is 4.74 Å². The molecule has 0 aliphatic carbocycles. The number of hydrogen-bond acceptors (Lipinski definition) is 4. The Bertz CT molecular complexity index is 416. The Morgan fingerprint density at radius 1 is 1.42 bits per heavy atom. The van der Waals surface area contributed by atoms with Gasteiger partial charge in [0.1, 0.15) is 11.8 Å². The fourth-order valence-corrected chi connectivity index (χ4v) is 3.62. The van der Waals surface area contributed by atoms with E-state index in [0.29, 0.717) is 0 Å². The van der Waals surface area contributed by atoms with E-state index in [1.54, 1.807) is 0 Å². The molecule has 108 valence electrons. The summed E-state index contributed by atoms with van der Waals surface area (Å²) in [7, 11) is 1.94. The maximum absolute atomic E-state index is 10.3. The Labute approximate surface area is 128 Å². The number of aryl methyl sites for hydroxylation is 1. The van der Waals surface area contributed by atoms with Crippen LogP contribution in [0.4, 0.5) is 0 Å². The monoisotopic (exact) mass is 379 g/mol. The minimum absolute atomic E-state index is 0.471. The molecule has 0 unspecified atom stereocenters. The summed E-state index contributed by atoms with van der Waals surface area (Å²) < 4.78 is 8.32. The molecule has 0 amide bonds. The molecule has 0 aromatic carbocycles. The van der Waals surface area contributed by atoms with Gasteiger partial charge in [-0.15, -0.1) is 0 Å². The van der Waals surface area contributed by atoms with E-state index in [-0.39, 0.29) is 0 Å². The van der Waals surface area contributed by atoms with Crippen LogP contribution in [0.2, 0.25) is 0 Å². The van der Waals surface area contributed by atoms with Crippen LogP contribution in [0, 0.1) is 3.57 Å². The summed E-state index contributed by atoms with van der Waals surface area (Å²) >= 11 is 2.29. The molecule has 1 saturated heterocycles. The van der Waals surface area contributed by atoms with Gasteiger partial charge in [0, 0.05) is 26.7 Å². The molecule has 1 fully saturated rings. The normalized spacial score (nSPS) is 18.7. The highest BCUT2D eigenvalue weighted by Gasteiger charge is 2.20. The number of aliphatic hydroxyl groups excluding tert-OH is 1. The Hall–Kier alpha value is -0.180. The topological polar surface area (TPSA) is 50.5 Å². The largest absolute Gasteiger partial charge is 0.387 e. The minimum atomic E-state index is -0.471. The molecule has 1 aromatic rings. The van der Waals surface area contributed by atoms with Gasteiger partial charge in [-0.25, -0.2) is 0 Å². The molecule has 1 aromatic heterocycles. The molecule has 1 aliphatic heterocycles. The van der Waals surface area contributed by atoms with E-state index in [1.165, 1.54) is 5.69 Å². The van der Waals surface area contributed by atoms with Crippen molar-refractivity contribution in [3.05, 3.63) is 15.0 Å². The van der Waals surface area contributed by atoms with Crippen molar-refractivity contribution in [2.24, 2.45) is 7.05 Å². The molecule has 5 nitrogen and oxygen atoms in total. The van der Waals surface area contributed by atoms with Gasteiger partial charge < -0.3 is 9.84 Å². The van der Waals surface area contributed by atoms with E-state index < -0.39 is 6.10 Å². The fourth-order valence-electron chi connectivity index (χ4n) is 2.42. The summed E-state index contributed by atoms with van der Waals surface area (Å²) in [4.78, 5) is 2.34. The second kappa shape index (κ2) is 7.01. The lowest BCUT2D eigenvalue weighted by Crippen LogP contribution is -2.37. The van der Waals surface area contributed by atoms with Crippen molar-refractivity contribution < 1.29 is 9.84 Å². The van der Waals surface area contributed by atoms with Crippen molar-refractivity contribution in [1.82, 2.24) is 14.7 Å². The third-order valence-corrected chi connectivity index (χ3v) is 4.77. The first-order valence-electron chi connectivity index (χ1n) is 6.83. The molecule has 0 saturated carbocycles. The Morgan fingerprint density at radius 2 is 2.11 bits per heavy atom. The van der Waals surface area contributed by atoms with Gasteiger partial charge in [-0.2, -0.15) is 5.10 Å². The zero-order chi connectivity index (χ0) is 13.8. The van der Waals surface area contributed by atoms with E-state index in [1.807, 2.05) is 11.7 Å². The van der Waals surface area contributed by atoms with Crippen molar-refractivity contribution >= 4 is 22.6 Å². The Kier molecular flexibility index (Phi) is 5.61. The van der Waals surface area contributed by atoms with Crippen molar-refractivity contribution in [2.75, 3.05) is 32.8 Å². The third-order valence-electron chi connectivity index (χ3n) is 3.60. The van der Waals surface area contributed by atoms with Gasteiger partial charge in [0.15, 0.2) is 0 Å². The summed E-state index contributed by atoms with van der Waals surface area (Å²) in [5.41, 5.74) is 2.02. The summed E-state index contributed by atoms with van der Waals surface area (Å²) in [6.07, 6.45) is 1.20. The van der Waals surface area contributed by atoms with Crippen molar-refractivity contribution in [2.45, 2.75) is 25.9 Å². The summed E-state index contributed by atoms with van der Waals surface area (Å²) in [5, 5.41) is 14.8. The van der Waals surface area contributed by atoms with E-state index >= 15 is 0 Å². The highest BCUT2D eigenvalue weighted by atomic mass is 127. The van der Waals surface area contributed by atoms with Crippen molar-refractivity contribution in [3.8, 4) is 0 Å². The quantitative estimate of drug-likeness (QED) is 0.785. The lowest BCUT2D eigenvalue weighted by molar-refractivity contribution is 0.0296. The molecular formula is C13H22IN3O2. The molecule has 19 heavy (non-hydrogen) atoms. The minimum Gasteiger partial charge on any atom is -0.387 e. The van der Waals surface area contributed by atoms with Crippen LogP contribution in [0.1, 0.15) is 30.8 Å². The molecule has 1 N–H and O–H groups in total. The van der Waals surface area contributed by atoms with Crippen LogP contribution in [0.15, 0.2) is 0 Å².